The van der Waals surface area contributed by atoms with Crippen LogP contribution in [0.2, 0.25) is 0 Å². The van der Waals surface area contributed by atoms with Gasteiger partial charge in [0.05, 0.1) is 13.2 Å². The van der Waals surface area contributed by atoms with Crippen LogP contribution in [-0.4, -0.2) is 43.7 Å². The first kappa shape index (κ1) is 19.4. The molecule has 0 saturated carbocycles. The maximum atomic E-state index is 12.2. The van der Waals surface area contributed by atoms with E-state index in [0.717, 1.165) is 49.7 Å². The molecule has 27 heavy (non-hydrogen) atoms. The lowest BCUT2D eigenvalue weighted by Gasteiger charge is -2.27. The molecule has 0 spiro atoms. The third kappa shape index (κ3) is 5.81. The molecule has 2 aromatic rings. The summed E-state index contributed by atoms with van der Waals surface area (Å²) in [4.78, 5) is 14.6. The second-order valence-electron chi connectivity index (χ2n) is 6.97. The van der Waals surface area contributed by atoms with Gasteiger partial charge in [0.15, 0.2) is 6.61 Å². The van der Waals surface area contributed by atoms with Crippen LogP contribution in [0.1, 0.15) is 22.3 Å². The Hall–Kier alpha value is -2.37. The normalized spacial score (nSPS) is 14.7. The van der Waals surface area contributed by atoms with Crippen molar-refractivity contribution in [1.29, 1.82) is 0 Å². The average molecular weight is 368 g/mol. The monoisotopic (exact) mass is 368 g/mol. The summed E-state index contributed by atoms with van der Waals surface area (Å²) in [5.41, 5.74) is 4.76. The van der Waals surface area contributed by atoms with Crippen molar-refractivity contribution in [2.24, 2.45) is 0 Å². The molecule has 1 amide bonds. The van der Waals surface area contributed by atoms with Crippen molar-refractivity contribution in [3.8, 4) is 5.75 Å². The lowest BCUT2D eigenvalue weighted by Crippen LogP contribution is -2.36. The Morgan fingerprint density at radius 2 is 1.81 bits per heavy atom. The molecule has 5 nitrogen and oxygen atoms in total. The van der Waals surface area contributed by atoms with Crippen LogP contribution in [0.3, 0.4) is 0 Å². The Morgan fingerprint density at radius 1 is 1.07 bits per heavy atom. The van der Waals surface area contributed by atoms with Gasteiger partial charge in [-0.3, -0.25) is 9.69 Å². The number of hydrogen-bond acceptors (Lipinski definition) is 4. The first-order valence-electron chi connectivity index (χ1n) is 9.45. The fourth-order valence-electron chi connectivity index (χ4n) is 3.08. The number of nitrogens with zero attached hydrogens (tertiary/aromatic N) is 1. The van der Waals surface area contributed by atoms with E-state index >= 15 is 0 Å². The fraction of sp³-hybridized carbons (Fsp3) is 0.409. The highest BCUT2D eigenvalue weighted by molar-refractivity contribution is 5.77. The summed E-state index contributed by atoms with van der Waals surface area (Å²) < 4.78 is 11.0. The minimum atomic E-state index is -0.116. The SMILES string of the molecule is Cc1ccc(OCC(=O)NCc2ccccc2CN2CCOCC2)cc1C. The van der Waals surface area contributed by atoms with Crippen LogP contribution in [0, 0.1) is 13.8 Å². The topological polar surface area (TPSA) is 50.8 Å². The maximum absolute atomic E-state index is 12.2. The minimum absolute atomic E-state index is 0.0220. The largest absolute Gasteiger partial charge is 0.484 e. The second kappa shape index (κ2) is 9.53. The minimum Gasteiger partial charge on any atom is -0.484 e. The van der Waals surface area contributed by atoms with Gasteiger partial charge >= 0.3 is 0 Å². The van der Waals surface area contributed by atoms with E-state index in [0.29, 0.717) is 6.54 Å². The third-order valence-corrected chi connectivity index (χ3v) is 4.94. The smallest absolute Gasteiger partial charge is 0.258 e. The number of aryl methyl sites for hydroxylation is 2. The highest BCUT2D eigenvalue weighted by atomic mass is 16.5. The molecule has 0 aliphatic carbocycles. The number of ether oxygens (including phenoxy) is 2. The van der Waals surface area contributed by atoms with Gasteiger partial charge in [-0.1, -0.05) is 30.3 Å². The molecule has 0 bridgehead atoms. The molecule has 3 rings (SSSR count). The first-order chi connectivity index (χ1) is 13.1. The molecule has 1 aliphatic rings. The number of nitrogens with one attached hydrogen (secondary N) is 1. The number of carbonyl (C=O) groups is 1. The van der Waals surface area contributed by atoms with Crippen molar-refractivity contribution >= 4 is 5.91 Å². The highest BCUT2D eigenvalue weighted by Gasteiger charge is 2.13. The molecule has 0 unspecified atom stereocenters. The number of benzene rings is 2. The lowest BCUT2D eigenvalue weighted by atomic mass is 10.1. The number of carbonyl (C=O) groups excluding carboxylic acids is 1. The Balaban J connectivity index is 1.50. The van der Waals surface area contributed by atoms with E-state index in [1.165, 1.54) is 11.1 Å². The third-order valence-electron chi connectivity index (χ3n) is 4.94. The van der Waals surface area contributed by atoms with Crippen molar-refractivity contribution in [2.75, 3.05) is 32.9 Å². The molecular weight excluding hydrogens is 340 g/mol. The predicted octanol–water partition coefficient (Wildman–Crippen LogP) is 2.83. The zero-order valence-electron chi connectivity index (χ0n) is 16.2. The summed E-state index contributed by atoms with van der Waals surface area (Å²) in [6.07, 6.45) is 0. The summed E-state index contributed by atoms with van der Waals surface area (Å²) in [5.74, 6) is 0.607. The van der Waals surface area contributed by atoms with E-state index < -0.39 is 0 Å². The Morgan fingerprint density at radius 3 is 2.56 bits per heavy atom. The predicted molar refractivity (Wildman–Crippen MR) is 106 cm³/mol. The van der Waals surface area contributed by atoms with Crippen molar-refractivity contribution in [2.45, 2.75) is 26.9 Å². The van der Waals surface area contributed by atoms with Crippen molar-refractivity contribution < 1.29 is 14.3 Å². The average Bonchev–Trinajstić information content (AvgIpc) is 2.69. The molecule has 0 radical (unpaired) electrons. The summed E-state index contributed by atoms with van der Waals surface area (Å²) >= 11 is 0. The number of morpholine rings is 1. The standard InChI is InChI=1S/C22H28N2O3/c1-17-7-8-21(13-18(17)2)27-16-22(25)23-14-19-5-3-4-6-20(19)15-24-9-11-26-12-10-24/h3-8,13H,9-12,14-16H2,1-2H3,(H,23,25). The van der Waals surface area contributed by atoms with Crippen molar-refractivity contribution in [3.05, 3.63) is 64.7 Å². The number of rotatable bonds is 7. The fourth-order valence-corrected chi connectivity index (χ4v) is 3.08. The van der Waals surface area contributed by atoms with Gasteiger partial charge < -0.3 is 14.8 Å². The van der Waals surface area contributed by atoms with Crippen molar-refractivity contribution in [1.82, 2.24) is 10.2 Å². The summed E-state index contributed by atoms with van der Waals surface area (Å²) in [6, 6.07) is 14.1. The van der Waals surface area contributed by atoms with E-state index in [-0.39, 0.29) is 12.5 Å². The zero-order valence-corrected chi connectivity index (χ0v) is 16.2. The lowest BCUT2D eigenvalue weighted by molar-refractivity contribution is -0.123. The van der Waals surface area contributed by atoms with Crippen LogP contribution in [0.25, 0.3) is 0 Å². The number of amides is 1. The molecule has 1 fully saturated rings. The van der Waals surface area contributed by atoms with Gasteiger partial charge in [-0.05, 0) is 48.2 Å². The molecule has 0 atom stereocenters. The molecule has 0 aromatic heterocycles. The molecule has 1 saturated heterocycles. The van der Waals surface area contributed by atoms with E-state index in [9.17, 15) is 4.79 Å². The van der Waals surface area contributed by atoms with Gasteiger partial charge in [0.1, 0.15) is 5.75 Å². The van der Waals surface area contributed by atoms with E-state index in [1.54, 1.807) is 0 Å². The van der Waals surface area contributed by atoms with Crippen LogP contribution >= 0.6 is 0 Å². The van der Waals surface area contributed by atoms with Crippen molar-refractivity contribution in [3.63, 3.8) is 0 Å². The van der Waals surface area contributed by atoms with Crippen LogP contribution in [0.4, 0.5) is 0 Å². The number of hydrogen-bond donors (Lipinski definition) is 1. The zero-order chi connectivity index (χ0) is 19.1. The molecule has 2 aromatic carbocycles. The summed E-state index contributed by atoms with van der Waals surface area (Å²) in [5, 5.41) is 2.97. The molecule has 1 N–H and O–H groups in total. The van der Waals surface area contributed by atoms with E-state index in [4.69, 9.17) is 9.47 Å². The van der Waals surface area contributed by atoms with Gasteiger partial charge in [-0.15, -0.1) is 0 Å². The van der Waals surface area contributed by atoms with Gasteiger partial charge in [-0.25, -0.2) is 0 Å². The summed E-state index contributed by atoms with van der Waals surface area (Å²) in [6.45, 7) is 8.98. The highest BCUT2D eigenvalue weighted by Crippen LogP contribution is 2.16. The van der Waals surface area contributed by atoms with Gasteiger partial charge in [0.2, 0.25) is 0 Å². The maximum Gasteiger partial charge on any atom is 0.258 e. The Labute approximate surface area is 161 Å². The molecule has 5 heteroatoms. The first-order valence-corrected chi connectivity index (χ1v) is 9.45. The van der Waals surface area contributed by atoms with Crippen LogP contribution in [0.5, 0.6) is 5.75 Å². The van der Waals surface area contributed by atoms with E-state index in [2.05, 4.69) is 29.3 Å². The van der Waals surface area contributed by atoms with Gasteiger partial charge in [0.25, 0.3) is 5.91 Å². The van der Waals surface area contributed by atoms with Crippen LogP contribution in [0.15, 0.2) is 42.5 Å². The molecule has 1 heterocycles. The quantitative estimate of drug-likeness (QED) is 0.817. The summed E-state index contributed by atoms with van der Waals surface area (Å²) in [7, 11) is 0. The van der Waals surface area contributed by atoms with Crippen LogP contribution in [-0.2, 0) is 22.6 Å². The molecule has 1 aliphatic heterocycles. The van der Waals surface area contributed by atoms with Crippen LogP contribution < -0.4 is 10.1 Å². The second-order valence-corrected chi connectivity index (χ2v) is 6.97. The molecular formula is C22H28N2O3. The van der Waals surface area contributed by atoms with Gasteiger partial charge in [0, 0.05) is 26.2 Å². The Kier molecular flexibility index (Phi) is 6.85. The molecule has 144 valence electrons. The van der Waals surface area contributed by atoms with E-state index in [1.807, 2.05) is 37.3 Å². The van der Waals surface area contributed by atoms with Gasteiger partial charge in [-0.2, -0.15) is 0 Å². The Bertz CT molecular complexity index is 770.